The Bertz CT molecular complexity index is 2480. The maximum atomic E-state index is 14.2. The lowest BCUT2D eigenvalue weighted by molar-refractivity contribution is -0.335. The molecule has 4 fully saturated rings. The van der Waals surface area contributed by atoms with Crippen molar-refractivity contribution in [2.75, 3.05) is 26.8 Å². The summed E-state index contributed by atoms with van der Waals surface area (Å²) in [6.07, 6.45) is -13.8. The zero-order chi connectivity index (χ0) is 61.7. The molecule has 6 rings (SSSR count). The maximum Gasteiger partial charge on any atom is 0.408 e. The predicted molar refractivity (Wildman–Crippen MR) is 301 cm³/mol. The van der Waals surface area contributed by atoms with E-state index in [9.17, 15) is 33.9 Å². The first-order valence-electron chi connectivity index (χ1n) is 28.5. The van der Waals surface area contributed by atoms with E-state index in [1.807, 2.05) is 30.3 Å². The first kappa shape index (κ1) is 66.9. The molecule has 0 aromatic heterocycles. The summed E-state index contributed by atoms with van der Waals surface area (Å²) >= 11 is 0. The summed E-state index contributed by atoms with van der Waals surface area (Å²) in [5.74, 6) is -0.241. The van der Waals surface area contributed by atoms with E-state index in [2.05, 4.69) is 31.9 Å². The normalized spacial score (nSPS) is 27.7. The fourth-order valence-corrected chi connectivity index (χ4v) is 9.58. The van der Waals surface area contributed by atoms with Gasteiger partial charge in [-0.15, -0.1) is 0 Å². The molecule has 14 atom stereocenters. The van der Waals surface area contributed by atoms with Gasteiger partial charge in [0, 0.05) is 25.1 Å². The molecule has 9 N–H and O–H groups in total. The highest BCUT2D eigenvalue weighted by Crippen LogP contribution is 2.37. The molecule has 1 aliphatic carbocycles. The highest BCUT2D eigenvalue weighted by atomic mass is 16.7. The van der Waals surface area contributed by atoms with Crippen LogP contribution in [-0.2, 0) is 63.5 Å². The van der Waals surface area contributed by atoms with Crippen LogP contribution in [0.25, 0.3) is 0 Å². The van der Waals surface area contributed by atoms with Gasteiger partial charge in [0.05, 0.1) is 56.2 Å². The fraction of sp³-hybridized carbons (Fsp3) is 0.690. The highest BCUT2D eigenvalue weighted by Gasteiger charge is 2.53. The molecule has 3 saturated heterocycles. The second-order valence-electron chi connectivity index (χ2n) is 25.2. The predicted octanol–water partition coefficient (Wildman–Crippen LogP) is 5.60. The molecule has 2 aromatic rings. The van der Waals surface area contributed by atoms with Gasteiger partial charge < -0.3 is 99.6 Å². The van der Waals surface area contributed by atoms with Crippen LogP contribution in [0.2, 0.25) is 0 Å². The largest absolute Gasteiger partial charge is 0.497 e. The van der Waals surface area contributed by atoms with Gasteiger partial charge in [-0.1, -0.05) is 42.5 Å². The zero-order valence-corrected chi connectivity index (χ0v) is 50.5. The van der Waals surface area contributed by atoms with Crippen LogP contribution in [0.15, 0.2) is 54.6 Å². The smallest absolute Gasteiger partial charge is 0.408 e. The summed E-state index contributed by atoms with van der Waals surface area (Å²) in [7, 11) is 1.54. The summed E-state index contributed by atoms with van der Waals surface area (Å²) in [5, 5.41) is 28.2. The number of amides is 6. The van der Waals surface area contributed by atoms with Crippen LogP contribution in [0.5, 0.6) is 5.75 Å². The molecule has 0 bridgehead atoms. The molecule has 0 unspecified atom stereocenters. The van der Waals surface area contributed by atoms with E-state index in [4.69, 9.17) is 62.6 Å². The number of rotatable bonds is 18. The lowest BCUT2D eigenvalue weighted by Crippen LogP contribution is -2.71. The second kappa shape index (κ2) is 29.2. The number of hydrogen-bond acceptors (Lipinski definition) is 20. The molecule has 3 aliphatic heterocycles. The molecule has 0 spiro atoms. The van der Waals surface area contributed by atoms with Crippen LogP contribution in [0, 0.1) is 0 Å². The minimum atomic E-state index is -1.70. The molecule has 1 saturated carbocycles. The molecule has 4 aliphatic rings. The summed E-state index contributed by atoms with van der Waals surface area (Å²) in [6.45, 7) is 20.2. The minimum absolute atomic E-state index is 0.00620. The van der Waals surface area contributed by atoms with Crippen molar-refractivity contribution in [3.05, 3.63) is 65.7 Å². The number of carbonyl (C=O) groups excluding carboxylic acids is 6. The first-order valence-corrected chi connectivity index (χ1v) is 28.5. The van der Waals surface area contributed by atoms with Gasteiger partial charge >= 0.3 is 30.5 Å². The number of carbonyl (C=O) groups is 6. The van der Waals surface area contributed by atoms with Crippen LogP contribution in [0.4, 0.5) is 24.0 Å². The van der Waals surface area contributed by atoms with Crippen molar-refractivity contribution in [1.82, 2.24) is 31.9 Å². The number of alkyl carbamates (subject to hydrolysis) is 5. The van der Waals surface area contributed by atoms with Gasteiger partial charge in [0.1, 0.15) is 59.1 Å². The van der Waals surface area contributed by atoms with E-state index in [1.165, 1.54) is 7.11 Å². The van der Waals surface area contributed by atoms with Gasteiger partial charge in [-0.25, -0.2) is 24.0 Å². The Balaban J connectivity index is 1.32. The van der Waals surface area contributed by atoms with Gasteiger partial charge in [-0.05, 0) is 126 Å². The SMILES string of the molecule is COc1ccc(COC(=O)NCC[C@H](O)C(=O)N[C@@H]2C[C@H](NC(=O)OC(C)(C)C)[C@@H](O[C@H]3O[C@H](CNC(=O)OC(C)(C)C)CC[C@H]3NC(=O)OC(C)(C)C)C[C@H]2O[C@H]2O[C@@H]3CO[C@@H](c4ccccc4)O[C@H]3[C@H](N)[C@H]2NC(=O)OC(C)(C)C)cc1. The molecule has 0 radical (unpaired) electrons. The van der Waals surface area contributed by atoms with Crippen molar-refractivity contribution < 1.29 is 90.7 Å². The van der Waals surface area contributed by atoms with E-state index in [0.29, 0.717) is 17.7 Å². The number of fused-ring (bicyclic) bond motifs is 1. The van der Waals surface area contributed by atoms with E-state index in [0.717, 1.165) is 5.56 Å². The second-order valence-corrected chi connectivity index (χ2v) is 25.2. The summed E-state index contributed by atoms with van der Waals surface area (Å²) < 4.78 is 72.6. The van der Waals surface area contributed by atoms with Crippen LogP contribution in [-0.4, -0.2) is 170 Å². The zero-order valence-electron chi connectivity index (χ0n) is 50.5. The number of aliphatic hydroxyl groups is 1. The number of nitrogens with two attached hydrogens (primary N) is 1. The highest BCUT2D eigenvalue weighted by molar-refractivity contribution is 5.81. The molecule has 6 amide bonds. The van der Waals surface area contributed by atoms with Crippen LogP contribution in [0.3, 0.4) is 0 Å². The topological polar surface area (TPSA) is 332 Å². The third-order valence-corrected chi connectivity index (χ3v) is 13.3. The van der Waals surface area contributed by atoms with Crippen LogP contribution in [0.1, 0.15) is 133 Å². The number of methoxy groups -OCH3 is 1. The average molecular weight is 1190 g/mol. The lowest BCUT2D eigenvalue weighted by atomic mass is 9.85. The van der Waals surface area contributed by atoms with Crippen molar-refractivity contribution in [3.8, 4) is 5.75 Å². The molecule has 2 aromatic carbocycles. The number of benzene rings is 2. The summed E-state index contributed by atoms with van der Waals surface area (Å²) in [6, 6.07) is 10.9. The van der Waals surface area contributed by atoms with Gasteiger partial charge in [0.15, 0.2) is 18.9 Å². The molecular formula is C58H89N7O19. The lowest BCUT2D eigenvalue weighted by Gasteiger charge is -2.50. The Hall–Kier alpha value is -6.26. The van der Waals surface area contributed by atoms with Gasteiger partial charge in [-0.3, -0.25) is 4.79 Å². The molecule has 26 heteroatoms. The minimum Gasteiger partial charge on any atom is -0.497 e. The molecule has 470 valence electrons. The van der Waals surface area contributed by atoms with Crippen molar-refractivity contribution in [3.63, 3.8) is 0 Å². The van der Waals surface area contributed by atoms with E-state index in [1.54, 1.807) is 107 Å². The standard InChI is InChI=1S/C58H89N7O19/c1-55(2,3)81-51(69)61-29-35-23-24-36(63-52(70)82-56(4,5)6)48(76-35)77-41-28-40(78-49-44(65-54(72)84-58(10,11)12)43(59)45-42(79-49)31-74-47(80-45)33-17-15-14-16-18-33)37(27-38(41)64-53(71)83-57(7,8)9)62-46(67)39(66)25-26-60-50(68)75-30-32-19-21-34(73-13)22-20-32/h14-22,35-45,47-49,66H,23-31,59H2,1-13H3,(H,60,68)(H,61,69)(H,62,67)(H,63,70)(H,64,71)(H,65,72)/t35-,36+,37+,38-,39-,40+,41-,42+,43+,44+,45+,47+,48+,49-/m0/s1. The third-order valence-electron chi connectivity index (χ3n) is 13.3. The fourth-order valence-electron chi connectivity index (χ4n) is 9.58. The van der Waals surface area contributed by atoms with E-state index >= 15 is 0 Å². The van der Waals surface area contributed by atoms with Crippen molar-refractivity contribution in [2.45, 2.75) is 230 Å². The van der Waals surface area contributed by atoms with Crippen molar-refractivity contribution in [2.24, 2.45) is 5.73 Å². The Morgan fingerprint density at radius 2 is 1.19 bits per heavy atom. The van der Waals surface area contributed by atoms with E-state index in [-0.39, 0.29) is 52.0 Å². The molecule has 84 heavy (non-hydrogen) atoms. The molecular weight excluding hydrogens is 1100 g/mol. The van der Waals surface area contributed by atoms with E-state index < -0.39 is 144 Å². The Labute approximate surface area is 491 Å². The number of ether oxygens (including phenoxy) is 12. The Kier molecular flexibility index (Phi) is 23.3. The van der Waals surface area contributed by atoms with Crippen LogP contribution < -0.4 is 42.4 Å². The summed E-state index contributed by atoms with van der Waals surface area (Å²) in [4.78, 5) is 80.7. The van der Waals surface area contributed by atoms with Crippen molar-refractivity contribution >= 4 is 36.4 Å². The number of nitrogens with one attached hydrogen (secondary N) is 6. The Morgan fingerprint density at radius 3 is 1.79 bits per heavy atom. The quantitative estimate of drug-likeness (QED) is 0.0842. The van der Waals surface area contributed by atoms with Gasteiger partial charge in [0.2, 0.25) is 5.91 Å². The summed E-state index contributed by atoms with van der Waals surface area (Å²) in [5.41, 5.74) is 4.94. The third kappa shape index (κ3) is 21.7. The molecule has 3 heterocycles. The molecule has 26 nitrogen and oxygen atoms in total. The maximum absolute atomic E-state index is 14.2. The van der Waals surface area contributed by atoms with Crippen molar-refractivity contribution in [1.29, 1.82) is 0 Å². The van der Waals surface area contributed by atoms with Gasteiger partial charge in [0.25, 0.3) is 0 Å². The first-order chi connectivity index (χ1) is 39.3. The monoisotopic (exact) mass is 1190 g/mol. The average Bonchev–Trinajstić information content (AvgIpc) is 1.86. The Morgan fingerprint density at radius 1 is 0.631 bits per heavy atom. The van der Waals surface area contributed by atoms with Gasteiger partial charge in [-0.2, -0.15) is 0 Å². The number of aliphatic hydroxyl groups excluding tert-OH is 1. The van der Waals surface area contributed by atoms with Crippen LogP contribution >= 0.6 is 0 Å². The number of hydrogen-bond donors (Lipinski definition) is 8.